The molecule has 0 saturated carbocycles. The number of rotatable bonds is 0. The first-order chi connectivity index (χ1) is 5.20. The predicted octanol–water partition coefficient (Wildman–Crippen LogP) is 0.813. The first-order valence-corrected chi connectivity index (χ1v) is 4.56. The first-order valence-electron chi connectivity index (χ1n) is 3.31. The third-order valence-corrected chi connectivity index (χ3v) is 3.02. The third-order valence-electron chi connectivity index (χ3n) is 1.93. The summed E-state index contributed by atoms with van der Waals surface area (Å²) in [7, 11) is 0. The van der Waals surface area contributed by atoms with Crippen LogP contribution in [0.25, 0.3) is 0 Å². The van der Waals surface area contributed by atoms with Gasteiger partial charge in [-0.15, -0.1) is 0 Å². The molecule has 60 valence electrons. The molecular formula is C6H7IN2O2. The second-order valence-electron chi connectivity index (χ2n) is 2.60. The molecule has 0 aromatic heterocycles. The zero-order valence-corrected chi connectivity index (χ0v) is 7.80. The number of urea groups is 1. The number of carbonyl (C=O) groups is 1. The molecule has 2 aliphatic heterocycles. The number of hydrogen-bond acceptors (Lipinski definition) is 2. The maximum Gasteiger partial charge on any atom is 0.345 e. The Labute approximate surface area is 77.6 Å². The predicted molar refractivity (Wildman–Crippen MR) is 46.5 cm³/mol. The summed E-state index contributed by atoms with van der Waals surface area (Å²) in [6, 6.07) is -0.423. The van der Waals surface area contributed by atoms with Gasteiger partial charge in [0.1, 0.15) is 4.05 Å². The summed E-state index contributed by atoms with van der Waals surface area (Å²) in [6.07, 6.45) is 3.78. The van der Waals surface area contributed by atoms with Crippen LogP contribution in [0.1, 0.15) is 0 Å². The molecule has 2 atom stereocenters. The van der Waals surface area contributed by atoms with E-state index in [-0.39, 0.29) is 16.1 Å². The molecule has 1 fully saturated rings. The van der Waals surface area contributed by atoms with Crippen molar-refractivity contribution in [3.05, 3.63) is 12.2 Å². The van der Waals surface area contributed by atoms with Gasteiger partial charge in [-0.05, 0) is 0 Å². The van der Waals surface area contributed by atoms with Gasteiger partial charge < -0.3 is 4.90 Å². The minimum Gasteiger partial charge on any atom is -0.305 e. The van der Waals surface area contributed by atoms with Crippen LogP contribution in [0.4, 0.5) is 4.79 Å². The van der Waals surface area contributed by atoms with Crippen LogP contribution in [0.3, 0.4) is 0 Å². The lowest BCUT2D eigenvalue weighted by atomic mass is 10.2. The normalized spacial score (nSPS) is 35.3. The number of amides is 2. The van der Waals surface area contributed by atoms with Crippen molar-refractivity contribution >= 4 is 28.6 Å². The van der Waals surface area contributed by atoms with Gasteiger partial charge in [-0.25, -0.2) is 4.79 Å². The maximum atomic E-state index is 11.2. The Balaban J connectivity index is 2.32. The van der Waals surface area contributed by atoms with Gasteiger partial charge in [-0.3, -0.25) is 5.21 Å². The fraction of sp³-hybridized carbons (Fsp3) is 0.500. The average molecular weight is 266 g/mol. The highest BCUT2D eigenvalue weighted by Crippen LogP contribution is 2.25. The van der Waals surface area contributed by atoms with Crippen LogP contribution < -0.4 is 0 Å². The molecule has 0 spiro atoms. The topological polar surface area (TPSA) is 43.8 Å². The minimum absolute atomic E-state index is 0.0912. The Morgan fingerprint density at radius 2 is 2.36 bits per heavy atom. The zero-order chi connectivity index (χ0) is 8.01. The minimum atomic E-state index is -0.292. The molecule has 2 unspecified atom stereocenters. The lowest BCUT2D eigenvalue weighted by Gasteiger charge is -2.20. The number of hydrogen-bond donors (Lipinski definition) is 1. The fourth-order valence-electron chi connectivity index (χ4n) is 1.30. The molecule has 0 aromatic rings. The number of fused-ring (bicyclic) bond motifs is 2. The molecule has 0 radical (unpaired) electrons. The van der Waals surface area contributed by atoms with E-state index in [9.17, 15) is 10.0 Å². The largest absolute Gasteiger partial charge is 0.345 e. The fourth-order valence-corrected chi connectivity index (χ4v) is 2.01. The van der Waals surface area contributed by atoms with Crippen molar-refractivity contribution in [3.8, 4) is 0 Å². The zero-order valence-electron chi connectivity index (χ0n) is 5.64. The maximum absolute atomic E-state index is 11.2. The molecule has 2 amide bonds. The van der Waals surface area contributed by atoms with Gasteiger partial charge in [0, 0.05) is 0 Å². The highest BCUT2D eigenvalue weighted by molar-refractivity contribution is 14.1. The molecule has 2 aliphatic rings. The highest BCUT2D eigenvalue weighted by Gasteiger charge is 2.40. The summed E-state index contributed by atoms with van der Waals surface area (Å²) in [6.45, 7) is 0.611. The van der Waals surface area contributed by atoms with Crippen LogP contribution >= 0.6 is 22.6 Å². The molecule has 2 rings (SSSR count). The number of halogens is 1. The molecule has 1 saturated heterocycles. The lowest BCUT2D eigenvalue weighted by Crippen LogP contribution is -2.33. The van der Waals surface area contributed by atoms with E-state index in [1.807, 2.05) is 12.2 Å². The Morgan fingerprint density at radius 1 is 1.64 bits per heavy atom. The summed E-state index contributed by atoms with van der Waals surface area (Å²) in [5.74, 6) is 0. The van der Waals surface area contributed by atoms with Crippen LogP contribution in [0, 0.1) is 0 Å². The van der Waals surface area contributed by atoms with Gasteiger partial charge >= 0.3 is 6.03 Å². The van der Waals surface area contributed by atoms with E-state index in [0.717, 1.165) is 5.06 Å². The lowest BCUT2D eigenvalue weighted by molar-refractivity contribution is -0.0451. The van der Waals surface area contributed by atoms with Gasteiger partial charge in [0.2, 0.25) is 0 Å². The summed E-state index contributed by atoms with van der Waals surface area (Å²) in [5.41, 5.74) is 0. The summed E-state index contributed by atoms with van der Waals surface area (Å²) >= 11 is 2.15. The first kappa shape index (κ1) is 7.35. The number of alkyl halides is 1. The van der Waals surface area contributed by atoms with Crippen LogP contribution in [0.5, 0.6) is 0 Å². The van der Waals surface area contributed by atoms with E-state index >= 15 is 0 Å². The second-order valence-corrected chi connectivity index (χ2v) is 3.88. The SMILES string of the molecule is O=C1N(O)C2C=CC(I)N1C2. The molecule has 2 heterocycles. The van der Waals surface area contributed by atoms with E-state index < -0.39 is 0 Å². The van der Waals surface area contributed by atoms with Crippen molar-refractivity contribution in [1.82, 2.24) is 9.96 Å². The molecule has 0 aromatic carbocycles. The van der Waals surface area contributed by atoms with Crippen molar-refractivity contribution in [2.75, 3.05) is 6.54 Å². The summed E-state index contributed by atoms with van der Waals surface area (Å²) in [4.78, 5) is 12.8. The van der Waals surface area contributed by atoms with Gasteiger partial charge in [0.05, 0.1) is 12.6 Å². The van der Waals surface area contributed by atoms with E-state index in [4.69, 9.17) is 0 Å². The van der Waals surface area contributed by atoms with E-state index in [1.165, 1.54) is 0 Å². The standard InChI is InChI=1S/C6H7IN2O2/c7-5-2-1-4-3-8(5)6(10)9(4)11/h1-2,4-5,11H,3H2. The molecule has 4 nitrogen and oxygen atoms in total. The Kier molecular flexibility index (Phi) is 1.57. The molecule has 2 bridgehead atoms. The van der Waals surface area contributed by atoms with Crippen molar-refractivity contribution < 1.29 is 10.0 Å². The van der Waals surface area contributed by atoms with Crippen molar-refractivity contribution in [3.63, 3.8) is 0 Å². The van der Waals surface area contributed by atoms with Gasteiger partial charge in [-0.1, -0.05) is 34.7 Å². The Hall–Kier alpha value is -0.300. The van der Waals surface area contributed by atoms with Gasteiger partial charge in [0.25, 0.3) is 0 Å². The van der Waals surface area contributed by atoms with E-state index in [0.29, 0.717) is 6.54 Å². The van der Waals surface area contributed by atoms with E-state index in [1.54, 1.807) is 4.90 Å². The van der Waals surface area contributed by atoms with Crippen molar-refractivity contribution in [2.24, 2.45) is 0 Å². The molecule has 0 aliphatic carbocycles. The highest BCUT2D eigenvalue weighted by atomic mass is 127. The summed E-state index contributed by atoms with van der Waals surface area (Å²) < 4.78 is 0.0912. The second kappa shape index (κ2) is 2.34. The summed E-state index contributed by atoms with van der Waals surface area (Å²) in [5, 5.41) is 9.96. The molecular weight excluding hydrogens is 259 g/mol. The van der Waals surface area contributed by atoms with Crippen molar-refractivity contribution in [2.45, 2.75) is 10.1 Å². The number of nitrogens with zero attached hydrogens (tertiary/aromatic N) is 2. The monoisotopic (exact) mass is 266 g/mol. The van der Waals surface area contributed by atoms with Crippen LogP contribution in [0.2, 0.25) is 0 Å². The average Bonchev–Trinajstić information content (AvgIpc) is 2.24. The van der Waals surface area contributed by atoms with Gasteiger partial charge in [0.15, 0.2) is 0 Å². The smallest absolute Gasteiger partial charge is 0.305 e. The third kappa shape index (κ3) is 0.943. The Morgan fingerprint density at radius 3 is 3.00 bits per heavy atom. The van der Waals surface area contributed by atoms with Crippen LogP contribution in [-0.2, 0) is 0 Å². The quantitative estimate of drug-likeness (QED) is 0.232. The Bertz CT molecular complexity index is 231. The molecule has 5 heteroatoms. The molecule has 1 N–H and O–H groups in total. The number of hydroxylamine groups is 2. The number of carbonyl (C=O) groups excluding carboxylic acids is 1. The van der Waals surface area contributed by atoms with Crippen LogP contribution in [-0.4, -0.2) is 37.8 Å². The van der Waals surface area contributed by atoms with Crippen LogP contribution in [0.15, 0.2) is 12.2 Å². The molecule has 11 heavy (non-hydrogen) atoms. The van der Waals surface area contributed by atoms with Crippen molar-refractivity contribution in [1.29, 1.82) is 0 Å². The van der Waals surface area contributed by atoms with Gasteiger partial charge in [-0.2, -0.15) is 5.06 Å². The van der Waals surface area contributed by atoms with E-state index in [2.05, 4.69) is 22.6 Å².